The van der Waals surface area contributed by atoms with Gasteiger partial charge in [0, 0.05) is 11.9 Å². The van der Waals surface area contributed by atoms with Crippen LogP contribution in [-0.2, 0) is 16.3 Å². The van der Waals surface area contributed by atoms with E-state index >= 15 is 0 Å². The number of hydrogen-bond acceptors (Lipinski definition) is 10. The molecule has 0 spiro atoms. The molecule has 0 bridgehead atoms. The molecule has 0 saturated heterocycles. The second-order valence-corrected chi connectivity index (χ2v) is 9.93. The Balaban J connectivity index is 1.47. The van der Waals surface area contributed by atoms with Crippen LogP contribution in [0.15, 0.2) is 59.6 Å². The second kappa shape index (κ2) is 9.15. The molecule has 4 N–H and O–H groups in total. The number of anilines is 3. The van der Waals surface area contributed by atoms with Crippen molar-refractivity contribution in [3.8, 4) is 11.4 Å². The highest BCUT2D eigenvalue weighted by Gasteiger charge is 2.24. The normalized spacial score (nSPS) is 15.3. The molecule has 4 aromatic rings. The zero-order chi connectivity index (χ0) is 23.5. The Bertz CT molecular complexity index is 1400. The van der Waals surface area contributed by atoms with E-state index in [1.165, 1.54) is 0 Å². The van der Waals surface area contributed by atoms with E-state index in [1.54, 1.807) is 18.3 Å². The van der Waals surface area contributed by atoms with E-state index in [9.17, 15) is 13.5 Å². The Morgan fingerprint density at radius 1 is 1.15 bits per heavy atom. The zero-order valence-electron chi connectivity index (χ0n) is 18.0. The summed E-state index contributed by atoms with van der Waals surface area (Å²) in [6.45, 7) is -0.165. The highest BCUT2D eigenvalue weighted by molar-refractivity contribution is 7.91. The zero-order valence-corrected chi connectivity index (χ0v) is 18.8. The molecular formula is C22H22N8O3S. The van der Waals surface area contributed by atoms with Crippen LogP contribution in [0.3, 0.4) is 0 Å². The Morgan fingerprint density at radius 3 is 2.76 bits per heavy atom. The number of fused-ring (bicyclic) bond motifs is 1. The molecule has 0 radical (unpaired) electrons. The summed E-state index contributed by atoms with van der Waals surface area (Å²) in [5, 5.41) is 30.5. The summed E-state index contributed by atoms with van der Waals surface area (Å²) in [5.41, 5.74) is 2.84. The van der Waals surface area contributed by atoms with Gasteiger partial charge in [0.05, 0.1) is 28.9 Å². The summed E-state index contributed by atoms with van der Waals surface area (Å²) in [4.78, 5) is 9.35. The number of benzene rings is 2. The predicted molar refractivity (Wildman–Crippen MR) is 125 cm³/mol. The number of nitrogens with zero attached hydrogens (tertiary/aromatic N) is 5. The minimum Gasteiger partial charge on any atom is -0.394 e. The molecule has 2 aromatic heterocycles. The van der Waals surface area contributed by atoms with Gasteiger partial charge in [-0.15, -0.1) is 10.2 Å². The van der Waals surface area contributed by atoms with Gasteiger partial charge in [-0.1, -0.05) is 30.3 Å². The SMILES string of the molecule is O=S1(=O)CCCc2cc(Nc3ncc(-c4nn[nH]n4)c(N[C@H](CO)c4ccccc4)n3)ccc21. The highest BCUT2D eigenvalue weighted by atomic mass is 32.2. The molecule has 1 atom stereocenters. The first-order valence-corrected chi connectivity index (χ1v) is 12.3. The second-order valence-electron chi connectivity index (χ2n) is 7.85. The Kier molecular flexibility index (Phi) is 5.90. The molecule has 2 aromatic carbocycles. The van der Waals surface area contributed by atoms with Crippen molar-refractivity contribution in [2.75, 3.05) is 23.0 Å². The summed E-state index contributed by atoms with van der Waals surface area (Å²) in [6, 6.07) is 14.2. The van der Waals surface area contributed by atoms with Crippen molar-refractivity contribution in [2.45, 2.75) is 23.8 Å². The summed E-state index contributed by atoms with van der Waals surface area (Å²) in [7, 11) is -3.23. The quantitative estimate of drug-likeness (QED) is 0.310. The Hall–Kier alpha value is -3.90. The number of aliphatic hydroxyl groups excluding tert-OH is 1. The molecule has 12 heteroatoms. The van der Waals surface area contributed by atoms with Gasteiger partial charge in [0.2, 0.25) is 11.8 Å². The number of aromatic amines is 1. The van der Waals surface area contributed by atoms with Crippen LogP contribution in [0.4, 0.5) is 17.5 Å². The van der Waals surface area contributed by atoms with Gasteiger partial charge in [-0.25, -0.2) is 13.4 Å². The molecule has 34 heavy (non-hydrogen) atoms. The predicted octanol–water partition coefficient (Wildman–Crippen LogP) is 2.27. The van der Waals surface area contributed by atoms with Crippen LogP contribution in [0.25, 0.3) is 11.4 Å². The maximum absolute atomic E-state index is 12.3. The maximum atomic E-state index is 12.3. The fourth-order valence-electron chi connectivity index (χ4n) is 3.92. The molecule has 0 unspecified atom stereocenters. The smallest absolute Gasteiger partial charge is 0.229 e. The molecule has 11 nitrogen and oxygen atoms in total. The number of tetrazole rings is 1. The molecule has 1 aliphatic heterocycles. The van der Waals surface area contributed by atoms with Gasteiger partial charge in [0.15, 0.2) is 9.84 Å². The molecular weight excluding hydrogens is 456 g/mol. The van der Waals surface area contributed by atoms with E-state index in [-0.39, 0.29) is 18.3 Å². The Morgan fingerprint density at radius 2 is 2.00 bits per heavy atom. The number of aromatic nitrogens is 6. The summed E-state index contributed by atoms with van der Waals surface area (Å²) < 4.78 is 24.6. The van der Waals surface area contributed by atoms with Crippen molar-refractivity contribution in [1.29, 1.82) is 0 Å². The van der Waals surface area contributed by atoms with Crippen molar-refractivity contribution >= 4 is 27.3 Å². The van der Waals surface area contributed by atoms with E-state index in [4.69, 9.17) is 0 Å². The molecule has 0 saturated carbocycles. The number of nitrogens with one attached hydrogen (secondary N) is 3. The number of H-pyrrole nitrogens is 1. The van der Waals surface area contributed by atoms with Crippen LogP contribution in [-0.4, -0.2) is 56.5 Å². The lowest BCUT2D eigenvalue weighted by Gasteiger charge is -2.20. The van der Waals surface area contributed by atoms with Crippen LogP contribution >= 0.6 is 0 Å². The molecule has 5 rings (SSSR count). The maximum Gasteiger partial charge on any atom is 0.229 e. The van der Waals surface area contributed by atoms with E-state index in [0.717, 1.165) is 11.1 Å². The molecule has 0 amide bonds. The number of aryl methyl sites for hydroxylation is 1. The van der Waals surface area contributed by atoms with Crippen molar-refractivity contribution in [3.63, 3.8) is 0 Å². The molecule has 3 heterocycles. The third kappa shape index (κ3) is 4.45. The van der Waals surface area contributed by atoms with Gasteiger partial charge in [-0.05, 0) is 47.4 Å². The monoisotopic (exact) mass is 478 g/mol. The first-order valence-electron chi connectivity index (χ1n) is 10.7. The Labute approximate surface area is 195 Å². The van der Waals surface area contributed by atoms with Gasteiger partial charge in [-0.3, -0.25) is 0 Å². The third-order valence-electron chi connectivity index (χ3n) is 5.58. The largest absolute Gasteiger partial charge is 0.394 e. The number of sulfone groups is 1. The lowest BCUT2D eigenvalue weighted by molar-refractivity contribution is 0.276. The first kappa shape index (κ1) is 21.9. The van der Waals surface area contributed by atoms with Crippen LogP contribution in [0.2, 0.25) is 0 Å². The van der Waals surface area contributed by atoms with Gasteiger partial charge in [0.25, 0.3) is 0 Å². The number of aliphatic hydroxyl groups is 1. The minimum atomic E-state index is -3.23. The topological polar surface area (TPSA) is 159 Å². The standard InChI is InChI=1S/C22H22N8O3S/c31-13-18(14-5-2-1-3-6-14)25-20-17(21-27-29-30-28-21)12-23-22(26-20)24-16-8-9-19-15(11-16)7-4-10-34(19,32)33/h1-3,5-6,8-9,11-12,18,31H,4,7,10,13H2,(H2,23,24,25,26)(H,27,28,29,30)/t18-/m1/s1. The van der Waals surface area contributed by atoms with E-state index in [1.807, 2.05) is 36.4 Å². The van der Waals surface area contributed by atoms with E-state index < -0.39 is 15.9 Å². The summed E-state index contributed by atoms with van der Waals surface area (Å²) in [6.07, 6.45) is 2.86. The van der Waals surface area contributed by atoms with Gasteiger partial charge >= 0.3 is 0 Å². The summed E-state index contributed by atoms with van der Waals surface area (Å²) in [5.74, 6) is 1.17. The van der Waals surface area contributed by atoms with Crippen LogP contribution in [0.1, 0.15) is 23.6 Å². The average Bonchev–Trinajstić information content (AvgIpc) is 3.38. The molecule has 0 aliphatic carbocycles. The van der Waals surface area contributed by atoms with Crippen LogP contribution in [0, 0.1) is 0 Å². The highest BCUT2D eigenvalue weighted by Crippen LogP contribution is 2.30. The van der Waals surface area contributed by atoms with Crippen molar-refractivity contribution in [2.24, 2.45) is 0 Å². The van der Waals surface area contributed by atoms with Gasteiger partial charge in [0.1, 0.15) is 5.82 Å². The van der Waals surface area contributed by atoms with Crippen molar-refractivity contribution in [3.05, 3.63) is 65.9 Å². The first-order chi connectivity index (χ1) is 16.5. The fraction of sp³-hybridized carbons (Fsp3) is 0.227. The molecule has 0 fully saturated rings. The van der Waals surface area contributed by atoms with Gasteiger partial charge in [-0.2, -0.15) is 10.2 Å². The molecule has 174 valence electrons. The lowest BCUT2D eigenvalue weighted by Crippen LogP contribution is -2.17. The average molecular weight is 479 g/mol. The van der Waals surface area contributed by atoms with Crippen molar-refractivity contribution in [1.82, 2.24) is 30.6 Å². The van der Waals surface area contributed by atoms with Crippen LogP contribution in [0.5, 0.6) is 0 Å². The lowest BCUT2D eigenvalue weighted by atomic mass is 10.1. The van der Waals surface area contributed by atoms with E-state index in [2.05, 4.69) is 41.2 Å². The fourth-order valence-corrected chi connectivity index (χ4v) is 5.50. The summed E-state index contributed by atoms with van der Waals surface area (Å²) >= 11 is 0. The minimum absolute atomic E-state index is 0.165. The third-order valence-corrected chi connectivity index (χ3v) is 7.48. The van der Waals surface area contributed by atoms with E-state index in [0.29, 0.717) is 40.6 Å². The number of rotatable bonds is 7. The van der Waals surface area contributed by atoms with Crippen molar-refractivity contribution < 1.29 is 13.5 Å². The molecule has 1 aliphatic rings. The number of hydrogen-bond donors (Lipinski definition) is 4. The van der Waals surface area contributed by atoms with Crippen LogP contribution < -0.4 is 10.6 Å². The van der Waals surface area contributed by atoms with Gasteiger partial charge < -0.3 is 15.7 Å².